The number of nitrogens with one attached hydrogen (secondary N) is 1. The highest BCUT2D eigenvalue weighted by Gasteiger charge is 2.34. The fraction of sp³-hybridized carbons (Fsp3) is 0.500. The standard InChI is InChI=1S/C12H17N2O2/c1-15-12(10-13-7-8-14-12)16-9-11-5-3-2-4-6-11/h2-6,13H,7-10H2,1H3. The van der Waals surface area contributed by atoms with Gasteiger partial charge in [0.2, 0.25) is 0 Å². The van der Waals surface area contributed by atoms with Crippen LogP contribution in [0.2, 0.25) is 0 Å². The van der Waals surface area contributed by atoms with E-state index in [1.807, 2.05) is 30.3 Å². The largest absolute Gasteiger partial charge is 0.339 e. The van der Waals surface area contributed by atoms with Crippen molar-refractivity contribution in [2.75, 3.05) is 26.7 Å². The number of hydrogen-bond acceptors (Lipinski definition) is 3. The minimum absolute atomic E-state index is 0.514. The lowest BCUT2D eigenvalue weighted by Crippen LogP contribution is -2.57. The van der Waals surface area contributed by atoms with E-state index in [1.54, 1.807) is 7.11 Å². The van der Waals surface area contributed by atoms with Crippen LogP contribution in [0.1, 0.15) is 5.56 Å². The molecule has 1 fully saturated rings. The molecule has 1 heterocycles. The van der Waals surface area contributed by atoms with E-state index < -0.39 is 5.91 Å². The minimum atomic E-state index is -0.811. The van der Waals surface area contributed by atoms with Crippen LogP contribution < -0.4 is 10.6 Å². The highest BCUT2D eigenvalue weighted by Crippen LogP contribution is 2.14. The summed E-state index contributed by atoms with van der Waals surface area (Å²) in [4.78, 5) is 0. The first-order valence-electron chi connectivity index (χ1n) is 5.47. The van der Waals surface area contributed by atoms with E-state index in [0.29, 0.717) is 13.2 Å². The second-order valence-electron chi connectivity index (χ2n) is 3.75. The van der Waals surface area contributed by atoms with Gasteiger partial charge < -0.3 is 14.8 Å². The lowest BCUT2D eigenvalue weighted by molar-refractivity contribution is -0.254. The van der Waals surface area contributed by atoms with Crippen molar-refractivity contribution < 1.29 is 9.47 Å². The van der Waals surface area contributed by atoms with Gasteiger partial charge in [0.15, 0.2) is 0 Å². The molecule has 0 amide bonds. The fourth-order valence-corrected chi connectivity index (χ4v) is 1.67. The van der Waals surface area contributed by atoms with Crippen molar-refractivity contribution in [1.82, 2.24) is 10.6 Å². The Kier molecular flexibility index (Phi) is 3.90. The normalized spacial score (nSPS) is 25.6. The highest BCUT2D eigenvalue weighted by atomic mass is 16.7. The van der Waals surface area contributed by atoms with Crippen LogP contribution >= 0.6 is 0 Å². The van der Waals surface area contributed by atoms with Crippen molar-refractivity contribution in [3.63, 3.8) is 0 Å². The van der Waals surface area contributed by atoms with Crippen LogP contribution in [0, 0.1) is 0 Å². The summed E-state index contributed by atoms with van der Waals surface area (Å²) in [6, 6.07) is 10.0. The highest BCUT2D eigenvalue weighted by molar-refractivity contribution is 5.13. The molecule has 87 valence electrons. The second kappa shape index (κ2) is 5.41. The average molecular weight is 221 g/mol. The Balaban J connectivity index is 1.92. The first-order valence-corrected chi connectivity index (χ1v) is 5.47. The van der Waals surface area contributed by atoms with Crippen molar-refractivity contribution >= 4 is 0 Å². The van der Waals surface area contributed by atoms with Crippen LogP contribution in [0.5, 0.6) is 0 Å². The molecule has 1 saturated heterocycles. The van der Waals surface area contributed by atoms with Crippen molar-refractivity contribution in [3.8, 4) is 0 Å². The second-order valence-corrected chi connectivity index (χ2v) is 3.75. The molecular weight excluding hydrogens is 204 g/mol. The molecule has 1 unspecified atom stereocenters. The van der Waals surface area contributed by atoms with Gasteiger partial charge in [0.25, 0.3) is 5.91 Å². The number of rotatable bonds is 4. The molecule has 0 aromatic heterocycles. The number of benzene rings is 1. The predicted octanol–water partition coefficient (Wildman–Crippen LogP) is 0.711. The SMILES string of the molecule is COC1(OCc2ccccc2)CNCC[N]1. The smallest absolute Gasteiger partial charge is 0.256 e. The molecule has 4 heteroatoms. The Labute approximate surface area is 95.9 Å². The van der Waals surface area contributed by atoms with Gasteiger partial charge in [0, 0.05) is 20.2 Å². The molecule has 4 nitrogen and oxygen atoms in total. The van der Waals surface area contributed by atoms with Crippen molar-refractivity contribution in [2.45, 2.75) is 12.5 Å². The maximum absolute atomic E-state index is 5.75. The maximum atomic E-state index is 5.75. The fourth-order valence-electron chi connectivity index (χ4n) is 1.67. The third kappa shape index (κ3) is 2.80. The summed E-state index contributed by atoms with van der Waals surface area (Å²) in [5.74, 6) is -0.811. The van der Waals surface area contributed by atoms with Gasteiger partial charge >= 0.3 is 0 Å². The maximum Gasteiger partial charge on any atom is 0.256 e. The molecule has 1 aliphatic rings. The van der Waals surface area contributed by atoms with Crippen LogP contribution in [0.3, 0.4) is 0 Å². The molecule has 0 aliphatic carbocycles. The Bertz CT molecular complexity index is 310. The summed E-state index contributed by atoms with van der Waals surface area (Å²) in [6.45, 7) is 2.73. The van der Waals surface area contributed by atoms with Gasteiger partial charge in [-0.1, -0.05) is 30.3 Å². The molecule has 2 rings (SSSR count). The quantitative estimate of drug-likeness (QED) is 0.762. The molecule has 1 aliphatic heterocycles. The van der Waals surface area contributed by atoms with Crippen LogP contribution in [-0.2, 0) is 16.1 Å². The van der Waals surface area contributed by atoms with Gasteiger partial charge in [0.1, 0.15) is 0 Å². The zero-order chi connectivity index (χ0) is 11.3. The average Bonchev–Trinajstić information content (AvgIpc) is 2.39. The van der Waals surface area contributed by atoms with Crippen molar-refractivity contribution in [3.05, 3.63) is 35.9 Å². The molecule has 1 N–H and O–H groups in total. The zero-order valence-electron chi connectivity index (χ0n) is 9.48. The molecule has 1 aromatic rings. The number of ether oxygens (including phenoxy) is 2. The van der Waals surface area contributed by atoms with E-state index in [2.05, 4.69) is 10.6 Å². The van der Waals surface area contributed by atoms with Crippen LogP contribution in [-0.4, -0.2) is 32.7 Å². The monoisotopic (exact) mass is 221 g/mol. The summed E-state index contributed by atoms with van der Waals surface area (Å²) in [6.07, 6.45) is 0. The molecule has 1 aromatic carbocycles. The van der Waals surface area contributed by atoms with Gasteiger partial charge in [0.05, 0.1) is 13.2 Å². The zero-order valence-corrected chi connectivity index (χ0v) is 9.48. The first kappa shape index (κ1) is 11.5. The van der Waals surface area contributed by atoms with Crippen LogP contribution in [0.15, 0.2) is 30.3 Å². The Hall–Kier alpha value is -0.940. The van der Waals surface area contributed by atoms with Crippen LogP contribution in [0.25, 0.3) is 0 Å². The van der Waals surface area contributed by atoms with Crippen molar-refractivity contribution in [1.29, 1.82) is 0 Å². The lowest BCUT2D eigenvalue weighted by atomic mass is 10.2. The minimum Gasteiger partial charge on any atom is -0.339 e. The summed E-state index contributed by atoms with van der Waals surface area (Å²) in [5.41, 5.74) is 1.12. The van der Waals surface area contributed by atoms with E-state index in [9.17, 15) is 0 Å². The molecular formula is C12H17N2O2. The summed E-state index contributed by atoms with van der Waals surface area (Å²) >= 11 is 0. The number of methoxy groups -OCH3 is 1. The Morgan fingerprint density at radius 1 is 1.38 bits per heavy atom. The van der Waals surface area contributed by atoms with Crippen LogP contribution in [0.4, 0.5) is 0 Å². The van der Waals surface area contributed by atoms with E-state index in [-0.39, 0.29) is 0 Å². The van der Waals surface area contributed by atoms with E-state index >= 15 is 0 Å². The van der Waals surface area contributed by atoms with E-state index in [1.165, 1.54) is 0 Å². The topological polar surface area (TPSA) is 44.6 Å². The molecule has 0 spiro atoms. The molecule has 0 bridgehead atoms. The van der Waals surface area contributed by atoms with Gasteiger partial charge in [-0.05, 0) is 5.56 Å². The van der Waals surface area contributed by atoms with E-state index in [0.717, 1.165) is 18.7 Å². The number of hydrogen-bond donors (Lipinski definition) is 1. The summed E-state index contributed by atoms with van der Waals surface area (Å²) in [5, 5.41) is 7.61. The van der Waals surface area contributed by atoms with Gasteiger partial charge in [-0.25, -0.2) is 0 Å². The third-order valence-electron chi connectivity index (χ3n) is 2.62. The van der Waals surface area contributed by atoms with Gasteiger partial charge in [-0.15, -0.1) is 0 Å². The van der Waals surface area contributed by atoms with Gasteiger partial charge in [-0.2, -0.15) is 5.32 Å². The molecule has 1 atom stereocenters. The molecule has 0 saturated carbocycles. The number of piperazine rings is 1. The van der Waals surface area contributed by atoms with Gasteiger partial charge in [-0.3, -0.25) is 0 Å². The predicted molar refractivity (Wildman–Crippen MR) is 60.8 cm³/mol. The Morgan fingerprint density at radius 2 is 2.19 bits per heavy atom. The van der Waals surface area contributed by atoms with E-state index in [4.69, 9.17) is 9.47 Å². The summed E-state index contributed by atoms with van der Waals surface area (Å²) < 4.78 is 11.1. The van der Waals surface area contributed by atoms with Crippen molar-refractivity contribution in [2.24, 2.45) is 0 Å². The Morgan fingerprint density at radius 3 is 2.81 bits per heavy atom. The lowest BCUT2D eigenvalue weighted by Gasteiger charge is -2.35. The first-order chi connectivity index (χ1) is 7.85. The summed E-state index contributed by atoms with van der Waals surface area (Å²) in [7, 11) is 1.63. The molecule has 1 radical (unpaired) electrons. The molecule has 16 heavy (non-hydrogen) atoms. The third-order valence-corrected chi connectivity index (χ3v) is 2.62. The number of nitrogens with zero attached hydrogens (tertiary/aromatic N) is 1.